The average molecular weight is 441 g/mol. The first-order valence-electron chi connectivity index (χ1n) is 10.1. The standard InChI is InChI=1S/C23H25ClN4O3/c1-5-16(4)25-21(29)20-22(30)27(13-17-7-6-8-18(24)12-17)23(31)28(26-20)19-10-14(2)9-15(3)11-19/h6-12,16H,5,13H2,1-4H3,(H,25,29). The summed E-state index contributed by atoms with van der Waals surface area (Å²) in [4.78, 5) is 39.2. The quantitative estimate of drug-likeness (QED) is 0.637. The average Bonchev–Trinajstić information content (AvgIpc) is 2.70. The summed E-state index contributed by atoms with van der Waals surface area (Å²) in [7, 11) is 0. The highest BCUT2D eigenvalue weighted by Crippen LogP contribution is 2.13. The minimum Gasteiger partial charge on any atom is -0.348 e. The topological polar surface area (TPSA) is 86.0 Å². The summed E-state index contributed by atoms with van der Waals surface area (Å²) in [5.41, 5.74) is 1.31. The van der Waals surface area contributed by atoms with Crippen LogP contribution in [0.1, 0.15) is 47.4 Å². The highest BCUT2D eigenvalue weighted by Gasteiger charge is 2.21. The first-order chi connectivity index (χ1) is 14.7. The number of benzene rings is 2. The van der Waals surface area contributed by atoms with Gasteiger partial charge >= 0.3 is 5.69 Å². The fraction of sp³-hybridized carbons (Fsp3) is 0.304. The van der Waals surface area contributed by atoms with Gasteiger partial charge in [0.25, 0.3) is 11.5 Å². The van der Waals surface area contributed by atoms with Crippen molar-refractivity contribution in [3.05, 3.63) is 90.7 Å². The summed E-state index contributed by atoms with van der Waals surface area (Å²) in [6.07, 6.45) is 0.694. The number of rotatable bonds is 6. The van der Waals surface area contributed by atoms with Gasteiger partial charge < -0.3 is 5.32 Å². The van der Waals surface area contributed by atoms with E-state index in [-0.39, 0.29) is 18.3 Å². The molecule has 0 bridgehead atoms. The third-order valence-corrected chi connectivity index (χ3v) is 5.18. The Hall–Kier alpha value is -3.19. The van der Waals surface area contributed by atoms with E-state index in [1.165, 1.54) is 0 Å². The van der Waals surface area contributed by atoms with E-state index < -0.39 is 17.2 Å². The normalized spacial score (nSPS) is 11.9. The lowest BCUT2D eigenvalue weighted by molar-refractivity contribution is 0.0929. The molecule has 8 heteroatoms. The lowest BCUT2D eigenvalue weighted by atomic mass is 10.1. The number of amides is 1. The molecule has 0 radical (unpaired) electrons. The minimum absolute atomic E-state index is 0.0326. The van der Waals surface area contributed by atoms with Crippen LogP contribution in [0.25, 0.3) is 5.69 Å². The molecule has 3 rings (SSSR count). The van der Waals surface area contributed by atoms with Gasteiger partial charge in [-0.2, -0.15) is 9.78 Å². The Bertz CT molecular complexity index is 1230. The summed E-state index contributed by atoms with van der Waals surface area (Å²) in [5, 5.41) is 7.41. The zero-order chi connectivity index (χ0) is 22.7. The van der Waals surface area contributed by atoms with Gasteiger partial charge in [-0.1, -0.05) is 36.7 Å². The molecule has 0 spiro atoms. The first-order valence-corrected chi connectivity index (χ1v) is 10.5. The van der Waals surface area contributed by atoms with Crippen LogP contribution < -0.4 is 16.6 Å². The Labute approximate surface area is 185 Å². The third kappa shape index (κ3) is 5.11. The van der Waals surface area contributed by atoms with Crippen molar-refractivity contribution in [3.63, 3.8) is 0 Å². The summed E-state index contributed by atoms with van der Waals surface area (Å²) < 4.78 is 2.12. The van der Waals surface area contributed by atoms with E-state index in [0.29, 0.717) is 22.7 Å². The molecule has 0 aliphatic rings. The van der Waals surface area contributed by atoms with Crippen molar-refractivity contribution in [2.75, 3.05) is 0 Å². The number of hydrogen-bond acceptors (Lipinski definition) is 4. The van der Waals surface area contributed by atoms with Gasteiger partial charge in [0.2, 0.25) is 5.69 Å². The molecule has 31 heavy (non-hydrogen) atoms. The number of halogens is 1. The molecular weight excluding hydrogens is 416 g/mol. The second-order valence-electron chi connectivity index (χ2n) is 7.69. The van der Waals surface area contributed by atoms with Crippen LogP contribution in [0.4, 0.5) is 0 Å². The van der Waals surface area contributed by atoms with Gasteiger partial charge in [0.05, 0.1) is 12.2 Å². The molecule has 1 N–H and O–H groups in total. The summed E-state index contributed by atoms with van der Waals surface area (Å²) in [5.74, 6) is -0.614. The molecule has 0 saturated heterocycles. The molecule has 2 aromatic carbocycles. The van der Waals surface area contributed by atoms with Crippen LogP contribution in [-0.2, 0) is 6.54 Å². The SMILES string of the molecule is CCC(C)NC(=O)c1nn(-c2cc(C)cc(C)c2)c(=O)n(Cc2cccc(Cl)c2)c1=O. The Morgan fingerprint density at radius 3 is 2.42 bits per heavy atom. The van der Waals surface area contributed by atoms with E-state index in [1.807, 2.05) is 33.8 Å². The van der Waals surface area contributed by atoms with Crippen molar-refractivity contribution < 1.29 is 4.79 Å². The molecule has 1 unspecified atom stereocenters. The Morgan fingerprint density at radius 2 is 1.81 bits per heavy atom. The third-order valence-electron chi connectivity index (χ3n) is 4.95. The molecule has 0 saturated carbocycles. The predicted octanol–water partition coefficient (Wildman–Crippen LogP) is 3.24. The van der Waals surface area contributed by atoms with Gasteiger partial charge in [-0.05, 0) is 68.1 Å². The molecule has 3 aromatic rings. The van der Waals surface area contributed by atoms with Crippen LogP contribution in [-0.4, -0.2) is 26.3 Å². The predicted molar refractivity (Wildman–Crippen MR) is 121 cm³/mol. The number of nitrogens with zero attached hydrogens (tertiary/aromatic N) is 3. The fourth-order valence-corrected chi connectivity index (χ4v) is 3.46. The molecule has 0 aliphatic heterocycles. The zero-order valence-electron chi connectivity index (χ0n) is 18.0. The number of aryl methyl sites for hydroxylation is 2. The van der Waals surface area contributed by atoms with Crippen LogP contribution in [0.2, 0.25) is 5.02 Å². The van der Waals surface area contributed by atoms with Crippen LogP contribution in [0.3, 0.4) is 0 Å². The van der Waals surface area contributed by atoms with Crippen molar-refractivity contribution in [2.24, 2.45) is 0 Å². The minimum atomic E-state index is -0.744. The van der Waals surface area contributed by atoms with Crippen molar-refractivity contribution in [2.45, 2.75) is 46.7 Å². The van der Waals surface area contributed by atoms with E-state index in [4.69, 9.17) is 11.6 Å². The largest absolute Gasteiger partial charge is 0.352 e. The Morgan fingerprint density at radius 1 is 1.13 bits per heavy atom. The van der Waals surface area contributed by atoms with E-state index in [9.17, 15) is 14.4 Å². The molecule has 0 fully saturated rings. The van der Waals surface area contributed by atoms with Crippen LogP contribution >= 0.6 is 11.6 Å². The number of hydrogen-bond donors (Lipinski definition) is 1. The van der Waals surface area contributed by atoms with E-state index >= 15 is 0 Å². The number of nitrogens with one attached hydrogen (secondary N) is 1. The number of carbonyl (C=O) groups excluding carboxylic acids is 1. The highest BCUT2D eigenvalue weighted by molar-refractivity contribution is 6.30. The van der Waals surface area contributed by atoms with Gasteiger partial charge in [-0.15, -0.1) is 0 Å². The molecule has 1 atom stereocenters. The van der Waals surface area contributed by atoms with Crippen LogP contribution in [0.15, 0.2) is 52.1 Å². The van der Waals surface area contributed by atoms with Crippen LogP contribution in [0, 0.1) is 13.8 Å². The molecule has 162 valence electrons. The second-order valence-corrected chi connectivity index (χ2v) is 8.13. The molecule has 0 aliphatic carbocycles. The highest BCUT2D eigenvalue weighted by atomic mass is 35.5. The van der Waals surface area contributed by atoms with Crippen molar-refractivity contribution in [3.8, 4) is 5.69 Å². The maximum absolute atomic E-state index is 13.3. The first kappa shape index (κ1) is 22.5. The van der Waals surface area contributed by atoms with E-state index in [1.54, 1.807) is 36.4 Å². The van der Waals surface area contributed by atoms with Crippen molar-refractivity contribution >= 4 is 17.5 Å². The van der Waals surface area contributed by atoms with Gasteiger partial charge in [0, 0.05) is 11.1 Å². The lowest BCUT2D eigenvalue weighted by Gasteiger charge is -2.15. The molecule has 1 amide bonds. The number of carbonyl (C=O) groups is 1. The fourth-order valence-electron chi connectivity index (χ4n) is 3.25. The summed E-state index contributed by atoms with van der Waals surface area (Å²) in [6, 6.07) is 12.3. The number of aromatic nitrogens is 3. The lowest BCUT2D eigenvalue weighted by Crippen LogP contribution is -2.47. The monoisotopic (exact) mass is 440 g/mol. The molecule has 1 aromatic heterocycles. The Balaban J connectivity index is 2.23. The zero-order valence-corrected chi connectivity index (χ0v) is 18.7. The van der Waals surface area contributed by atoms with E-state index in [0.717, 1.165) is 20.4 Å². The van der Waals surface area contributed by atoms with E-state index in [2.05, 4.69) is 10.4 Å². The molecule has 7 nitrogen and oxygen atoms in total. The van der Waals surface area contributed by atoms with Gasteiger partial charge in [-0.3, -0.25) is 14.2 Å². The van der Waals surface area contributed by atoms with Crippen molar-refractivity contribution in [1.82, 2.24) is 19.7 Å². The maximum atomic E-state index is 13.3. The van der Waals surface area contributed by atoms with Crippen molar-refractivity contribution in [1.29, 1.82) is 0 Å². The summed E-state index contributed by atoms with van der Waals surface area (Å²) in [6.45, 7) is 7.53. The second kappa shape index (κ2) is 9.31. The summed E-state index contributed by atoms with van der Waals surface area (Å²) >= 11 is 6.06. The molecule has 1 heterocycles. The van der Waals surface area contributed by atoms with Gasteiger partial charge in [-0.25, -0.2) is 4.79 Å². The Kier molecular flexibility index (Phi) is 6.75. The smallest absolute Gasteiger partial charge is 0.348 e. The maximum Gasteiger partial charge on any atom is 0.352 e. The van der Waals surface area contributed by atoms with Gasteiger partial charge in [0.1, 0.15) is 0 Å². The van der Waals surface area contributed by atoms with Gasteiger partial charge in [0.15, 0.2) is 0 Å². The van der Waals surface area contributed by atoms with Crippen LogP contribution in [0.5, 0.6) is 0 Å². The molecular formula is C23H25ClN4O3.